The lowest BCUT2D eigenvalue weighted by Gasteiger charge is -2.09. The highest BCUT2D eigenvalue weighted by atomic mass is 79.9. The Hall–Kier alpha value is -1.62. The summed E-state index contributed by atoms with van der Waals surface area (Å²) in [6, 6.07) is 11.4. The highest BCUT2D eigenvalue weighted by Crippen LogP contribution is 2.23. The van der Waals surface area contributed by atoms with Crippen LogP contribution in [0.5, 0.6) is 0 Å². The molecule has 0 N–H and O–H groups in total. The number of carbonyl (C=O) groups excluding carboxylic acids is 1. The van der Waals surface area contributed by atoms with Crippen LogP contribution in [-0.4, -0.2) is 23.4 Å². The van der Waals surface area contributed by atoms with E-state index in [-0.39, 0.29) is 11.2 Å². The van der Waals surface area contributed by atoms with Gasteiger partial charge in [0.15, 0.2) is 0 Å². The summed E-state index contributed by atoms with van der Waals surface area (Å²) < 4.78 is 5.14. The van der Waals surface area contributed by atoms with Crippen molar-refractivity contribution in [3.05, 3.63) is 36.4 Å². The summed E-state index contributed by atoms with van der Waals surface area (Å²) in [7, 11) is 1.65. The Morgan fingerprint density at radius 1 is 1.41 bits per heavy atom. The molecule has 0 aliphatic carbocycles. The van der Waals surface area contributed by atoms with Crippen molar-refractivity contribution in [3.63, 3.8) is 0 Å². The maximum atomic E-state index is 11.4. The van der Waals surface area contributed by atoms with Crippen molar-refractivity contribution in [2.45, 2.75) is 0 Å². The van der Waals surface area contributed by atoms with Crippen LogP contribution in [0.3, 0.4) is 0 Å². The van der Waals surface area contributed by atoms with Gasteiger partial charge in [0, 0.05) is 18.7 Å². The Labute approximate surface area is 107 Å². The fourth-order valence-corrected chi connectivity index (χ4v) is 1.76. The molecule has 1 heterocycles. The molecule has 0 saturated heterocycles. The first-order valence-corrected chi connectivity index (χ1v) is 6.19. The average Bonchev–Trinajstić information content (AvgIpc) is 2.87. The molecule has 2 aromatic rings. The Kier molecular flexibility index (Phi) is 3.58. The van der Waals surface area contributed by atoms with Crippen molar-refractivity contribution >= 4 is 27.7 Å². The van der Waals surface area contributed by atoms with Gasteiger partial charge in [0.1, 0.15) is 5.69 Å². The first kappa shape index (κ1) is 11.9. The number of hydrogen-bond acceptors (Lipinski definition) is 3. The molecule has 1 aromatic heterocycles. The molecule has 0 atom stereocenters. The van der Waals surface area contributed by atoms with Crippen molar-refractivity contribution in [2.24, 2.45) is 0 Å². The fraction of sp³-hybridized carbons (Fsp3) is 0.167. The largest absolute Gasteiger partial charge is 0.338 e. The van der Waals surface area contributed by atoms with Crippen LogP contribution in [0.4, 0.5) is 5.88 Å². The van der Waals surface area contributed by atoms with Crippen molar-refractivity contribution in [3.8, 4) is 11.3 Å². The third-order valence-corrected chi connectivity index (χ3v) is 2.87. The van der Waals surface area contributed by atoms with E-state index in [9.17, 15) is 4.79 Å². The molecular weight excluding hydrogens is 284 g/mol. The van der Waals surface area contributed by atoms with Gasteiger partial charge in [0.05, 0.1) is 5.33 Å². The van der Waals surface area contributed by atoms with Gasteiger partial charge >= 0.3 is 0 Å². The van der Waals surface area contributed by atoms with E-state index in [2.05, 4.69) is 21.1 Å². The summed E-state index contributed by atoms with van der Waals surface area (Å²) in [6.45, 7) is 0. The Balaban J connectivity index is 2.25. The van der Waals surface area contributed by atoms with Gasteiger partial charge in [-0.05, 0) is 0 Å². The Bertz CT molecular complexity index is 510. The summed E-state index contributed by atoms with van der Waals surface area (Å²) >= 11 is 3.11. The van der Waals surface area contributed by atoms with E-state index < -0.39 is 0 Å². The maximum absolute atomic E-state index is 11.4. The smallest absolute Gasteiger partial charge is 0.239 e. The molecule has 17 heavy (non-hydrogen) atoms. The van der Waals surface area contributed by atoms with Gasteiger partial charge in [-0.25, -0.2) is 0 Å². The van der Waals surface area contributed by atoms with E-state index >= 15 is 0 Å². The number of aromatic nitrogens is 1. The van der Waals surface area contributed by atoms with Gasteiger partial charge in [0.25, 0.3) is 0 Å². The number of rotatable bonds is 3. The molecule has 2 rings (SSSR count). The number of halogens is 1. The molecule has 0 unspecified atom stereocenters. The minimum Gasteiger partial charge on any atom is -0.338 e. The molecule has 0 aliphatic heterocycles. The standard InChI is InChI=1S/C12H11BrN2O2/c1-15(11(16)8-13)12-7-10(14-17-12)9-5-3-2-4-6-9/h2-7H,8H2,1H3. The lowest BCUT2D eigenvalue weighted by atomic mass is 10.1. The molecule has 0 saturated carbocycles. The number of carbonyl (C=O) groups is 1. The summed E-state index contributed by atoms with van der Waals surface area (Å²) in [4.78, 5) is 12.9. The third kappa shape index (κ3) is 2.55. The monoisotopic (exact) mass is 294 g/mol. The highest BCUT2D eigenvalue weighted by molar-refractivity contribution is 9.09. The summed E-state index contributed by atoms with van der Waals surface area (Å²) in [5.41, 5.74) is 1.68. The fourth-order valence-electron chi connectivity index (χ4n) is 1.38. The number of anilines is 1. The molecule has 1 amide bonds. The zero-order valence-electron chi connectivity index (χ0n) is 9.26. The van der Waals surface area contributed by atoms with Crippen LogP contribution in [0.2, 0.25) is 0 Å². The quantitative estimate of drug-likeness (QED) is 0.818. The molecule has 5 heteroatoms. The summed E-state index contributed by atoms with van der Waals surface area (Å²) in [5, 5.41) is 4.19. The third-order valence-electron chi connectivity index (χ3n) is 2.39. The second-order valence-electron chi connectivity index (χ2n) is 3.50. The lowest BCUT2D eigenvalue weighted by Crippen LogP contribution is -2.26. The highest BCUT2D eigenvalue weighted by Gasteiger charge is 2.15. The number of hydrogen-bond donors (Lipinski definition) is 0. The van der Waals surface area contributed by atoms with Crippen LogP contribution >= 0.6 is 15.9 Å². The Morgan fingerprint density at radius 3 is 2.76 bits per heavy atom. The van der Waals surface area contributed by atoms with Gasteiger partial charge < -0.3 is 4.52 Å². The van der Waals surface area contributed by atoms with Crippen molar-refractivity contribution in [1.29, 1.82) is 0 Å². The zero-order valence-corrected chi connectivity index (χ0v) is 10.8. The van der Waals surface area contributed by atoms with Gasteiger partial charge in [0.2, 0.25) is 11.8 Å². The van der Waals surface area contributed by atoms with Crippen LogP contribution in [0.1, 0.15) is 0 Å². The van der Waals surface area contributed by atoms with Crippen molar-refractivity contribution in [2.75, 3.05) is 17.3 Å². The second kappa shape index (κ2) is 5.14. The first-order valence-electron chi connectivity index (χ1n) is 5.07. The SMILES string of the molecule is CN(C(=O)CBr)c1cc(-c2ccccc2)no1. The van der Waals surface area contributed by atoms with Crippen LogP contribution in [0.25, 0.3) is 11.3 Å². The molecule has 88 valence electrons. The van der Waals surface area contributed by atoms with Gasteiger partial charge in [-0.3, -0.25) is 9.69 Å². The molecule has 0 bridgehead atoms. The van der Waals surface area contributed by atoms with Crippen molar-refractivity contribution in [1.82, 2.24) is 5.16 Å². The molecular formula is C12H11BrN2O2. The van der Waals surface area contributed by atoms with Gasteiger partial charge in [-0.1, -0.05) is 51.4 Å². The number of nitrogens with zero attached hydrogens (tertiary/aromatic N) is 2. The predicted molar refractivity (Wildman–Crippen MR) is 69.1 cm³/mol. The van der Waals surface area contributed by atoms with Crippen LogP contribution < -0.4 is 4.90 Å². The molecule has 0 radical (unpaired) electrons. The van der Waals surface area contributed by atoms with Crippen LogP contribution in [-0.2, 0) is 4.79 Å². The molecule has 0 aliphatic rings. The summed E-state index contributed by atoms with van der Waals surface area (Å²) in [5.74, 6) is 0.356. The van der Waals surface area contributed by atoms with Gasteiger partial charge in [-0.15, -0.1) is 0 Å². The topological polar surface area (TPSA) is 46.3 Å². The van der Waals surface area contributed by atoms with E-state index in [0.29, 0.717) is 5.88 Å². The van der Waals surface area contributed by atoms with E-state index in [0.717, 1.165) is 11.3 Å². The molecule has 0 fully saturated rings. The number of amides is 1. The minimum absolute atomic E-state index is 0.0826. The minimum atomic E-state index is -0.0826. The first-order chi connectivity index (χ1) is 8.22. The maximum Gasteiger partial charge on any atom is 0.239 e. The van der Waals surface area contributed by atoms with E-state index in [4.69, 9.17) is 4.52 Å². The van der Waals surface area contributed by atoms with Crippen molar-refractivity contribution < 1.29 is 9.32 Å². The molecule has 4 nitrogen and oxygen atoms in total. The molecule has 0 spiro atoms. The predicted octanol–water partition coefficient (Wildman–Crippen LogP) is 2.70. The molecule has 1 aromatic carbocycles. The summed E-state index contributed by atoms with van der Waals surface area (Å²) in [6.07, 6.45) is 0. The zero-order chi connectivity index (χ0) is 12.3. The number of alkyl halides is 1. The second-order valence-corrected chi connectivity index (χ2v) is 4.06. The van der Waals surface area contributed by atoms with Gasteiger partial charge in [-0.2, -0.15) is 0 Å². The Morgan fingerprint density at radius 2 is 2.12 bits per heavy atom. The van der Waals surface area contributed by atoms with E-state index in [1.165, 1.54) is 4.90 Å². The average molecular weight is 295 g/mol. The normalized spacial score (nSPS) is 10.2. The van der Waals surface area contributed by atoms with Crippen LogP contribution in [0.15, 0.2) is 40.9 Å². The van der Waals surface area contributed by atoms with Crippen LogP contribution in [0, 0.1) is 0 Å². The van der Waals surface area contributed by atoms with E-state index in [1.807, 2.05) is 30.3 Å². The van der Waals surface area contributed by atoms with E-state index in [1.54, 1.807) is 13.1 Å². The number of benzene rings is 1. The lowest BCUT2D eigenvalue weighted by molar-refractivity contribution is -0.116.